The molecule has 0 aromatic heterocycles. The van der Waals surface area contributed by atoms with Gasteiger partial charge in [0.15, 0.2) is 0 Å². The maximum absolute atomic E-state index is 10.3. The highest BCUT2D eigenvalue weighted by atomic mass is 16.7. The SMILES string of the molecule is CCCCOCCOC(CCCOC(=O)O)CCOCC. The second-order valence-electron chi connectivity index (χ2n) is 4.70. The summed E-state index contributed by atoms with van der Waals surface area (Å²) >= 11 is 0. The standard InChI is InChI=1S/C15H30O6/c1-3-5-9-19-12-13-20-14(8-11-18-4-2)7-6-10-21-15(16)17/h14H,3-13H2,1-2H3,(H,16,17). The van der Waals surface area contributed by atoms with Gasteiger partial charge in [-0.25, -0.2) is 4.79 Å². The monoisotopic (exact) mass is 306 g/mol. The fourth-order valence-electron chi connectivity index (χ4n) is 1.76. The van der Waals surface area contributed by atoms with Crippen LogP contribution in [-0.4, -0.2) is 57.0 Å². The lowest BCUT2D eigenvalue weighted by Gasteiger charge is -2.18. The van der Waals surface area contributed by atoms with Crippen molar-refractivity contribution in [3.63, 3.8) is 0 Å². The number of unbranched alkanes of at least 4 members (excludes halogenated alkanes) is 1. The third-order valence-electron chi connectivity index (χ3n) is 2.91. The molecule has 1 N–H and O–H groups in total. The summed E-state index contributed by atoms with van der Waals surface area (Å²) in [5.41, 5.74) is 0. The first-order valence-electron chi connectivity index (χ1n) is 7.83. The Morgan fingerprint density at radius 3 is 2.43 bits per heavy atom. The average Bonchev–Trinajstić information content (AvgIpc) is 2.46. The van der Waals surface area contributed by atoms with Gasteiger partial charge in [-0.15, -0.1) is 0 Å². The Kier molecular flexibility index (Phi) is 14.9. The molecule has 0 saturated carbocycles. The van der Waals surface area contributed by atoms with Gasteiger partial charge in [-0.2, -0.15) is 0 Å². The molecule has 126 valence electrons. The van der Waals surface area contributed by atoms with E-state index in [2.05, 4.69) is 11.7 Å². The zero-order chi connectivity index (χ0) is 15.8. The van der Waals surface area contributed by atoms with Gasteiger partial charge < -0.3 is 24.1 Å². The Morgan fingerprint density at radius 2 is 1.76 bits per heavy atom. The van der Waals surface area contributed by atoms with Crippen molar-refractivity contribution in [1.29, 1.82) is 0 Å². The summed E-state index contributed by atoms with van der Waals surface area (Å²) in [6, 6.07) is 0. The van der Waals surface area contributed by atoms with E-state index >= 15 is 0 Å². The van der Waals surface area contributed by atoms with Gasteiger partial charge in [0.2, 0.25) is 0 Å². The van der Waals surface area contributed by atoms with Crippen LogP contribution < -0.4 is 0 Å². The second kappa shape index (κ2) is 15.5. The number of hydrogen-bond acceptors (Lipinski definition) is 5. The summed E-state index contributed by atoms with van der Waals surface area (Å²) in [5.74, 6) is 0. The van der Waals surface area contributed by atoms with E-state index in [0.29, 0.717) is 32.8 Å². The van der Waals surface area contributed by atoms with Gasteiger partial charge in [0.1, 0.15) is 0 Å². The van der Waals surface area contributed by atoms with E-state index in [1.165, 1.54) is 0 Å². The Bertz CT molecular complexity index is 234. The van der Waals surface area contributed by atoms with E-state index in [-0.39, 0.29) is 12.7 Å². The normalized spacial score (nSPS) is 12.3. The molecule has 0 radical (unpaired) electrons. The third kappa shape index (κ3) is 15.4. The number of carboxylic acid groups (broad SMARTS) is 1. The summed E-state index contributed by atoms with van der Waals surface area (Å²) in [4.78, 5) is 10.3. The lowest BCUT2D eigenvalue weighted by molar-refractivity contribution is -0.0173. The topological polar surface area (TPSA) is 74.2 Å². The highest BCUT2D eigenvalue weighted by Gasteiger charge is 2.10. The van der Waals surface area contributed by atoms with Gasteiger partial charge in [0.05, 0.1) is 25.9 Å². The van der Waals surface area contributed by atoms with Crippen LogP contribution in [0.2, 0.25) is 0 Å². The highest BCUT2D eigenvalue weighted by Crippen LogP contribution is 2.08. The molecule has 0 heterocycles. The first kappa shape index (κ1) is 20.1. The van der Waals surface area contributed by atoms with Gasteiger partial charge >= 0.3 is 6.16 Å². The predicted molar refractivity (Wildman–Crippen MR) is 79.8 cm³/mol. The molecule has 6 heteroatoms. The molecule has 21 heavy (non-hydrogen) atoms. The molecule has 0 aromatic carbocycles. The zero-order valence-corrected chi connectivity index (χ0v) is 13.3. The quantitative estimate of drug-likeness (QED) is 0.370. The highest BCUT2D eigenvalue weighted by molar-refractivity contribution is 5.56. The Labute approximate surface area is 127 Å². The van der Waals surface area contributed by atoms with Crippen LogP contribution in [0.3, 0.4) is 0 Å². The first-order valence-corrected chi connectivity index (χ1v) is 7.83. The average molecular weight is 306 g/mol. The number of ether oxygens (including phenoxy) is 4. The minimum absolute atomic E-state index is 0.0590. The Balaban J connectivity index is 3.71. The zero-order valence-electron chi connectivity index (χ0n) is 13.3. The van der Waals surface area contributed by atoms with E-state index in [0.717, 1.165) is 32.3 Å². The molecule has 1 unspecified atom stereocenters. The van der Waals surface area contributed by atoms with E-state index in [9.17, 15) is 4.79 Å². The fraction of sp³-hybridized carbons (Fsp3) is 0.933. The maximum Gasteiger partial charge on any atom is 0.505 e. The molecule has 6 nitrogen and oxygen atoms in total. The molecule has 0 aromatic rings. The van der Waals surface area contributed by atoms with Gasteiger partial charge in [0.25, 0.3) is 0 Å². The van der Waals surface area contributed by atoms with Crippen LogP contribution in [0.1, 0.15) is 46.0 Å². The van der Waals surface area contributed by atoms with Crippen LogP contribution >= 0.6 is 0 Å². The van der Waals surface area contributed by atoms with Crippen LogP contribution in [0.4, 0.5) is 4.79 Å². The van der Waals surface area contributed by atoms with Crippen molar-refractivity contribution in [2.75, 3.05) is 39.6 Å². The molecule has 0 spiro atoms. The summed E-state index contributed by atoms with van der Waals surface area (Å²) in [6.45, 7) is 7.55. The summed E-state index contributed by atoms with van der Waals surface area (Å²) < 4.78 is 21.0. The number of hydrogen-bond donors (Lipinski definition) is 1. The molecule has 0 fully saturated rings. The van der Waals surface area contributed by atoms with Crippen molar-refractivity contribution in [2.24, 2.45) is 0 Å². The molecule has 0 amide bonds. The fourth-order valence-corrected chi connectivity index (χ4v) is 1.76. The summed E-state index contributed by atoms with van der Waals surface area (Å²) in [6.07, 6.45) is 3.24. The smallest absolute Gasteiger partial charge is 0.450 e. The van der Waals surface area contributed by atoms with Crippen LogP contribution in [-0.2, 0) is 18.9 Å². The summed E-state index contributed by atoms with van der Waals surface area (Å²) in [5, 5.41) is 8.41. The van der Waals surface area contributed by atoms with Crippen LogP contribution in [0.15, 0.2) is 0 Å². The molecule has 0 aliphatic heterocycles. The Morgan fingerprint density at radius 1 is 0.952 bits per heavy atom. The molecule has 1 atom stereocenters. The van der Waals surface area contributed by atoms with Gasteiger partial charge in [-0.05, 0) is 32.6 Å². The molecule has 0 aliphatic carbocycles. The second-order valence-corrected chi connectivity index (χ2v) is 4.70. The minimum atomic E-state index is -1.23. The number of rotatable bonds is 15. The van der Waals surface area contributed by atoms with E-state index in [1.54, 1.807) is 0 Å². The van der Waals surface area contributed by atoms with Crippen molar-refractivity contribution >= 4 is 6.16 Å². The van der Waals surface area contributed by atoms with Crippen LogP contribution in [0, 0.1) is 0 Å². The van der Waals surface area contributed by atoms with Crippen molar-refractivity contribution in [2.45, 2.75) is 52.1 Å². The van der Waals surface area contributed by atoms with E-state index in [1.807, 2.05) is 6.92 Å². The molecule has 0 bridgehead atoms. The Hall–Kier alpha value is -0.850. The van der Waals surface area contributed by atoms with E-state index in [4.69, 9.17) is 19.3 Å². The molecular formula is C15H30O6. The largest absolute Gasteiger partial charge is 0.505 e. The predicted octanol–water partition coefficient (Wildman–Crippen LogP) is 3.09. The summed E-state index contributed by atoms with van der Waals surface area (Å²) in [7, 11) is 0. The minimum Gasteiger partial charge on any atom is -0.450 e. The lowest BCUT2D eigenvalue weighted by atomic mass is 10.1. The third-order valence-corrected chi connectivity index (χ3v) is 2.91. The van der Waals surface area contributed by atoms with Crippen molar-refractivity contribution < 1.29 is 28.8 Å². The van der Waals surface area contributed by atoms with Gasteiger partial charge in [0, 0.05) is 19.8 Å². The molecule has 0 rings (SSSR count). The van der Waals surface area contributed by atoms with Crippen molar-refractivity contribution in [3.05, 3.63) is 0 Å². The maximum atomic E-state index is 10.3. The molecular weight excluding hydrogens is 276 g/mol. The molecule has 0 aliphatic rings. The number of carbonyl (C=O) groups is 1. The van der Waals surface area contributed by atoms with Crippen molar-refractivity contribution in [1.82, 2.24) is 0 Å². The van der Waals surface area contributed by atoms with Crippen LogP contribution in [0.25, 0.3) is 0 Å². The van der Waals surface area contributed by atoms with E-state index < -0.39 is 6.16 Å². The lowest BCUT2D eigenvalue weighted by Crippen LogP contribution is -2.19. The van der Waals surface area contributed by atoms with Gasteiger partial charge in [-0.1, -0.05) is 13.3 Å². The van der Waals surface area contributed by atoms with Crippen molar-refractivity contribution in [3.8, 4) is 0 Å². The first-order chi connectivity index (χ1) is 10.2. The van der Waals surface area contributed by atoms with Crippen LogP contribution in [0.5, 0.6) is 0 Å². The molecule has 0 saturated heterocycles. The van der Waals surface area contributed by atoms with Gasteiger partial charge in [-0.3, -0.25) is 0 Å².